The van der Waals surface area contributed by atoms with Gasteiger partial charge in [-0.2, -0.15) is 0 Å². The van der Waals surface area contributed by atoms with Gasteiger partial charge >= 0.3 is 0 Å². The number of ether oxygens (including phenoxy) is 2. The van der Waals surface area contributed by atoms with Gasteiger partial charge in [0, 0.05) is 17.7 Å². The molecule has 1 aromatic carbocycles. The molecule has 1 aliphatic heterocycles. The van der Waals surface area contributed by atoms with Crippen molar-refractivity contribution in [1.29, 1.82) is 0 Å². The number of anilines is 2. The highest BCUT2D eigenvalue weighted by molar-refractivity contribution is 6.00. The van der Waals surface area contributed by atoms with Crippen LogP contribution in [0.4, 0.5) is 11.6 Å². The monoisotopic (exact) mass is 370 g/mol. The van der Waals surface area contributed by atoms with Gasteiger partial charge in [-0.3, -0.25) is 4.79 Å². The van der Waals surface area contributed by atoms with Crippen molar-refractivity contribution in [2.45, 2.75) is 32.7 Å². The SMILES string of the molecule is COc1ccc([C@@H]2Nc3nonc3NC3=C2C(=O)CC(C)(C)C3)cc1OC. The molecule has 0 saturated carbocycles. The molecule has 2 aliphatic rings. The molecule has 2 aromatic rings. The fraction of sp³-hybridized carbons (Fsp3) is 0.421. The van der Waals surface area contributed by atoms with Gasteiger partial charge in [0.2, 0.25) is 11.6 Å². The first kappa shape index (κ1) is 17.4. The summed E-state index contributed by atoms with van der Waals surface area (Å²) in [4.78, 5) is 13.1. The molecule has 1 aliphatic carbocycles. The van der Waals surface area contributed by atoms with Crippen molar-refractivity contribution >= 4 is 17.4 Å². The number of ketones is 1. The number of hydrogen-bond acceptors (Lipinski definition) is 8. The van der Waals surface area contributed by atoms with Crippen molar-refractivity contribution in [3.05, 3.63) is 35.0 Å². The number of carbonyl (C=O) groups excluding carboxylic acids is 1. The largest absolute Gasteiger partial charge is 0.493 e. The number of hydrogen-bond donors (Lipinski definition) is 2. The Morgan fingerprint density at radius 1 is 1.11 bits per heavy atom. The first-order valence-electron chi connectivity index (χ1n) is 8.76. The van der Waals surface area contributed by atoms with Gasteiger partial charge in [0.05, 0.1) is 20.3 Å². The number of aromatic nitrogens is 2. The molecule has 0 amide bonds. The molecule has 2 N–H and O–H groups in total. The van der Waals surface area contributed by atoms with E-state index in [9.17, 15) is 4.79 Å². The minimum atomic E-state index is -0.399. The zero-order chi connectivity index (χ0) is 19.2. The molecule has 0 fully saturated rings. The van der Waals surface area contributed by atoms with Crippen LogP contribution < -0.4 is 20.1 Å². The first-order valence-corrected chi connectivity index (χ1v) is 8.76. The maximum Gasteiger partial charge on any atom is 0.219 e. The van der Waals surface area contributed by atoms with Gasteiger partial charge in [0.25, 0.3) is 0 Å². The summed E-state index contributed by atoms with van der Waals surface area (Å²) in [5.74, 6) is 2.27. The maximum atomic E-state index is 13.1. The molecule has 0 bridgehead atoms. The average Bonchev–Trinajstić information content (AvgIpc) is 2.99. The second kappa shape index (κ2) is 6.29. The second-order valence-corrected chi connectivity index (χ2v) is 7.61. The Hall–Kier alpha value is -3.03. The molecule has 0 saturated heterocycles. The number of benzene rings is 1. The lowest BCUT2D eigenvalue weighted by molar-refractivity contribution is -0.118. The molecule has 0 unspecified atom stereocenters. The van der Waals surface area contributed by atoms with Crippen LogP contribution in [0.1, 0.15) is 38.3 Å². The molecule has 8 heteroatoms. The van der Waals surface area contributed by atoms with Gasteiger partial charge in [0.15, 0.2) is 17.3 Å². The van der Waals surface area contributed by atoms with Gasteiger partial charge in [0.1, 0.15) is 0 Å². The zero-order valence-corrected chi connectivity index (χ0v) is 15.8. The molecule has 0 spiro atoms. The standard InChI is InChI=1S/C19H22N4O4/c1-19(2)8-11-15(12(24)9-19)16(21-18-17(20-11)22-27-23-18)10-5-6-13(25-3)14(7-10)26-4/h5-7,16H,8-9H2,1-4H3,(H,20,22)(H,21,23)/t16-/m0/s1. The third kappa shape index (κ3) is 3.01. The third-order valence-electron chi connectivity index (χ3n) is 4.99. The Morgan fingerprint density at radius 3 is 2.59 bits per heavy atom. The van der Waals surface area contributed by atoms with Crippen LogP contribution in [0, 0.1) is 5.41 Å². The van der Waals surface area contributed by atoms with E-state index in [2.05, 4.69) is 34.8 Å². The summed E-state index contributed by atoms with van der Waals surface area (Å²) in [7, 11) is 3.18. The molecule has 1 atom stereocenters. The van der Waals surface area contributed by atoms with Crippen molar-refractivity contribution in [1.82, 2.24) is 10.3 Å². The highest BCUT2D eigenvalue weighted by Gasteiger charge is 2.39. The summed E-state index contributed by atoms with van der Waals surface area (Å²) in [6.07, 6.45) is 1.21. The van der Waals surface area contributed by atoms with E-state index in [1.165, 1.54) is 0 Å². The summed E-state index contributed by atoms with van der Waals surface area (Å²) in [5, 5.41) is 14.4. The number of methoxy groups -OCH3 is 2. The van der Waals surface area contributed by atoms with Crippen molar-refractivity contribution in [3.8, 4) is 11.5 Å². The van der Waals surface area contributed by atoms with Gasteiger partial charge in [-0.15, -0.1) is 0 Å². The number of fused-ring (bicyclic) bond motifs is 1. The minimum absolute atomic E-state index is 0.100. The van der Waals surface area contributed by atoms with E-state index in [-0.39, 0.29) is 11.2 Å². The van der Waals surface area contributed by atoms with E-state index in [0.717, 1.165) is 17.7 Å². The average molecular weight is 370 g/mol. The van der Waals surface area contributed by atoms with Crippen LogP contribution in [0.3, 0.4) is 0 Å². The lowest BCUT2D eigenvalue weighted by Crippen LogP contribution is -2.31. The molecule has 2 heterocycles. The molecule has 142 valence electrons. The Labute approximate surface area is 156 Å². The Bertz CT molecular complexity index is 932. The van der Waals surface area contributed by atoms with Crippen LogP contribution in [0.15, 0.2) is 34.1 Å². The van der Waals surface area contributed by atoms with Crippen LogP contribution in [-0.2, 0) is 4.79 Å². The quantitative estimate of drug-likeness (QED) is 0.849. The second-order valence-electron chi connectivity index (χ2n) is 7.61. The third-order valence-corrected chi connectivity index (χ3v) is 4.99. The molecular weight excluding hydrogens is 348 g/mol. The molecule has 27 heavy (non-hydrogen) atoms. The highest BCUT2D eigenvalue weighted by atomic mass is 16.6. The molecular formula is C19H22N4O4. The number of Topliss-reactive ketones (excluding diaryl/α,β-unsaturated/α-hetero) is 1. The minimum Gasteiger partial charge on any atom is -0.493 e. The lowest BCUT2D eigenvalue weighted by Gasteiger charge is -2.34. The van der Waals surface area contributed by atoms with E-state index in [1.54, 1.807) is 14.2 Å². The summed E-state index contributed by atoms with van der Waals surface area (Å²) in [6, 6.07) is 5.21. The zero-order valence-electron chi connectivity index (χ0n) is 15.8. The summed E-state index contributed by atoms with van der Waals surface area (Å²) >= 11 is 0. The fourth-order valence-electron chi connectivity index (χ4n) is 3.78. The Balaban J connectivity index is 1.86. The van der Waals surface area contributed by atoms with E-state index in [0.29, 0.717) is 35.1 Å². The summed E-state index contributed by atoms with van der Waals surface area (Å²) in [5.41, 5.74) is 2.28. The van der Waals surface area contributed by atoms with E-state index in [1.807, 2.05) is 18.2 Å². The van der Waals surface area contributed by atoms with Crippen molar-refractivity contribution in [2.24, 2.45) is 5.41 Å². The summed E-state index contributed by atoms with van der Waals surface area (Å²) in [6.45, 7) is 4.17. The lowest BCUT2D eigenvalue weighted by atomic mass is 9.73. The predicted molar refractivity (Wildman–Crippen MR) is 98.9 cm³/mol. The van der Waals surface area contributed by atoms with Crippen molar-refractivity contribution in [2.75, 3.05) is 24.9 Å². The van der Waals surface area contributed by atoms with Crippen LogP contribution in [0.5, 0.6) is 11.5 Å². The smallest absolute Gasteiger partial charge is 0.219 e. The topological polar surface area (TPSA) is 98.5 Å². The number of allylic oxidation sites excluding steroid dienone is 1. The normalized spacial score (nSPS) is 20.7. The Morgan fingerprint density at radius 2 is 1.85 bits per heavy atom. The van der Waals surface area contributed by atoms with Crippen molar-refractivity contribution < 1.29 is 18.9 Å². The predicted octanol–water partition coefficient (Wildman–Crippen LogP) is 3.31. The number of nitrogens with zero attached hydrogens (tertiary/aromatic N) is 2. The van der Waals surface area contributed by atoms with Gasteiger partial charge < -0.3 is 20.1 Å². The van der Waals surface area contributed by atoms with Crippen LogP contribution in [0.2, 0.25) is 0 Å². The number of rotatable bonds is 3. The van der Waals surface area contributed by atoms with Crippen LogP contribution in [-0.4, -0.2) is 30.3 Å². The van der Waals surface area contributed by atoms with Crippen LogP contribution in [0.25, 0.3) is 0 Å². The Kier molecular flexibility index (Phi) is 4.05. The van der Waals surface area contributed by atoms with Crippen LogP contribution >= 0.6 is 0 Å². The van der Waals surface area contributed by atoms with Gasteiger partial charge in [-0.05, 0) is 39.8 Å². The van der Waals surface area contributed by atoms with E-state index in [4.69, 9.17) is 14.1 Å². The molecule has 0 radical (unpaired) electrons. The van der Waals surface area contributed by atoms with E-state index >= 15 is 0 Å². The van der Waals surface area contributed by atoms with E-state index < -0.39 is 6.04 Å². The molecule has 4 rings (SSSR count). The van der Waals surface area contributed by atoms with Gasteiger partial charge in [-0.1, -0.05) is 19.9 Å². The number of nitrogens with one attached hydrogen (secondary N) is 2. The number of carbonyl (C=O) groups is 1. The summed E-state index contributed by atoms with van der Waals surface area (Å²) < 4.78 is 15.6. The maximum absolute atomic E-state index is 13.1. The highest BCUT2D eigenvalue weighted by Crippen LogP contribution is 2.45. The van der Waals surface area contributed by atoms with Crippen molar-refractivity contribution in [3.63, 3.8) is 0 Å². The molecule has 8 nitrogen and oxygen atoms in total. The van der Waals surface area contributed by atoms with Gasteiger partial charge in [-0.25, -0.2) is 4.63 Å². The fourth-order valence-corrected chi connectivity index (χ4v) is 3.78. The first-order chi connectivity index (χ1) is 12.9. The molecule has 1 aromatic heterocycles.